The van der Waals surface area contributed by atoms with Crippen molar-refractivity contribution in [2.45, 2.75) is 0 Å². The van der Waals surface area contributed by atoms with E-state index in [1.807, 2.05) is 42.5 Å². The van der Waals surface area contributed by atoms with Crippen molar-refractivity contribution in [2.75, 3.05) is 23.3 Å². The van der Waals surface area contributed by atoms with Crippen LogP contribution in [0.3, 0.4) is 0 Å². The molecule has 2 aromatic heterocycles. The number of aromatic nitrogens is 5. The van der Waals surface area contributed by atoms with Gasteiger partial charge in [-0.1, -0.05) is 23.5 Å². The van der Waals surface area contributed by atoms with Crippen molar-refractivity contribution in [1.29, 1.82) is 0 Å². The molecular formula is C18H15N7OS. The number of rotatable bonds is 4. The second kappa shape index (κ2) is 6.44. The Morgan fingerprint density at radius 1 is 1.11 bits per heavy atom. The molecule has 0 aliphatic carbocycles. The van der Waals surface area contributed by atoms with Crippen molar-refractivity contribution in [3.8, 4) is 5.69 Å². The van der Waals surface area contributed by atoms with Crippen LogP contribution >= 0.6 is 11.3 Å². The summed E-state index contributed by atoms with van der Waals surface area (Å²) in [7, 11) is 0. The van der Waals surface area contributed by atoms with Crippen LogP contribution in [0.15, 0.2) is 54.9 Å². The zero-order valence-corrected chi connectivity index (χ0v) is 15.0. The first-order valence-electron chi connectivity index (χ1n) is 8.51. The number of para-hydroxylation sites is 1. The summed E-state index contributed by atoms with van der Waals surface area (Å²) in [5.41, 5.74) is 2.60. The molecule has 0 atom stereocenters. The van der Waals surface area contributed by atoms with E-state index in [1.165, 1.54) is 11.0 Å². The molecule has 27 heavy (non-hydrogen) atoms. The van der Waals surface area contributed by atoms with Gasteiger partial charge in [0, 0.05) is 18.8 Å². The van der Waals surface area contributed by atoms with Crippen LogP contribution in [0.25, 0.3) is 15.9 Å². The van der Waals surface area contributed by atoms with Crippen LogP contribution in [0.1, 0.15) is 0 Å². The normalized spacial score (nSPS) is 14.3. The van der Waals surface area contributed by atoms with Crippen LogP contribution in [-0.2, 0) is 4.79 Å². The van der Waals surface area contributed by atoms with Gasteiger partial charge >= 0.3 is 0 Å². The van der Waals surface area contributed by atoms with Crippen LogP contribution in [-0.4, -0.2) is 44.2 Å². The molecule has 1 N–H and O–H groups in total. The van der Waals surface area contributed by atoms with E-state index in [9.17, 15) is 4.79 Å². The number of thiazole rings is 1. The predicted octanol–water partition coefficient (Wildman–Crippen LogP) is 2.35. The minimum Gasteiger partial charge on any atom is -0.346 e. The third kappa shape index (κ3) is 3.02. The summed E-state index contributed by atoms with van der Waals surface area (Å²) in [6, 6.07) is 15.5. The maximum atomic E-state index is 12.5. The van der Waals surface area contributed by atoms with Gasteiger partial charge in [-0.15, -0.1) is 5.10 Å². The van der Waals surface area contributed by atoms with Gasteiger partial charge in [0.2, 0.25) is 5.91 Å². The first-order chi connectivity index (χ1) is 13.3. The Morgan fingerprint density at radius 2 is 1.93 bits per heavy atom. The highest BCUT2D eigenvalue weighted by Crippen LogP contribution is 2.33. The fourth-order valence-corrected chi connectivity index (χ4v) is 4.00. The van der Waals surface area contributed by atoms with Gasteiger partial charge in [-0.05, 0) is 46.8 Å². The molecule has 134 valence electrons. The Bertz CT molecular complexity index is 1050. The molecule has 0 bridgehead atoms. The molecule has 2 aromatic carbocycles. The van der Waals surface area contributed by atoms with Crippen LogP contribution in [0.5, 0.6) is 0 Å². The van der Waals surface area contributed by atoms with E-state index >= 15 is 0 Å². The van der Waals surface area contributed by atoms with Gasteiger partial charge in [0.25, 0.3) is 0 Å². The highest BCUT2D eigenvalue weighted by atomic mass is 32.1. The largest absolute Gasteiger partial charge is 0.346 e. The summed E-state index contributed by atoms with van der Waals surface area (Å²) in [6.07, 6.45) is 1.53. The van der Waals surface area contributed by atoms with Crippen molar-refractivity contribution in [2.24, 2.45) is 5.92 Å². The second-order valence-electron chi connectivity index (χ2n) is 6.36. The maximum absolute atomic E-state index is 12.5. The van der Waals surface area contributed by atoms with Gasteiger partial charge in [-0.25, -0.2) is 9.67 Å². The van der Waals surface area contributed by atoms with Crippen molar-refractivity contribution in [3.05, 3.63) is 54.9 Å². The molecule has 0 spiro atoms. The zero-order valence-electron chi connectivity index (χ0n) is 14.2. The Kier molecular flexibility index (Phi) is 3.79. The van der Waals surface area contributed by atoms with Crippen LogP contribution in [0.2, 0.25) is 0 Å². The molecular weight excluding hydrogens is 362 g/mol. The molecule has 0 unspecified atom stereocenters. The number of nitrogens with zero attached hydrogens (tertiary/aromatic N) is 6. The lowest BCUT2D eigenvalue weighted by Gasteiger charge is -2.37. The van der Waals surface area contributed by atoms with Gasteiger partial charge < -0.3 is 10.2 Å². The number of nitrogens with one attached hydrogen (secondary N) is 1. The molecule has 3 heterocycles. The SMILES string of the molecule is O=C(Nc1ccc(-n2cnnn2)cc1)C1CN(c2nc3ccccc3s2)C1. The van der Waals surface area contributed by atoms with Crippen LogP contribution < -0.4 is 10.2 Å². The standard InChI is InChI=1S/C18H15N7OS/c26-17(20-13-5-7-14(8-6-13)25-11-19-22-23-25)12-9-24(10-12)18-21-15-3-1-2-4-16(15)27-18/h1-8,11-12H,9-10H2,(H,20,26). The molecule has 1 aliphatic heterocycles. The molecule has 1 fully saturated rings. The minimum absolute atomic E-state index is 0.0301. The molecule has 8 nitrogen and oxygen atoms in total. The van der Waals surface area contributed by atoms with Crippen LogP contribution in [0.4, 0.5) is 10.8 Å². The number of carbonyl (C=O) groups is 1. The quantitative estimate of drug-likeness (QED) is 0.587. The number of anilines is 2. The molecule has 5 rings (SSSR count). The fourth-order valence-electron chi connectivity index (χ4n) is 3.02. The van der Waals surface area contributed by atoms with E-state index in [0.29, 0.717) is 13.1 Å². The number of carbonyl (C=O) groups excluding carboxylic acids is 1. The third-order valence-corrected chi connectivity index (χ3v) is 5.65. The lowest BCUT2D eigenvalue weighted by atomic mass is 10.00. The van der Waals surface area contributed by atoms with Gasteiger partial charge in [0.15, 0.2) is 5.13 Å². The van der Waals surface area contributed by atoms with E-state index in [1.54, 1.807) is 16.0 Å². The Hall–Kier alpha value is -3.33. The van der Waals surface area contributed by atoms with E-state index in [2.05, 4.69) is 36.8 Å². The monoisotopic (exact) mass is 377 g/mol. The minimum atomic E-state index is -0.0313. The first-order valence-corrected chi connectivity index (χ1v) is 9.33. The maximum Gasteiger partial charge on any atom is 0.231 e. The molecule has 1 aliphatic rings. The van der Waals surface area contributed by atoms with E-state index < -0.39 is 0 Å². The molecule has 4 aromatic rings. The summed E-state index contributed by atoms with van der Waals surface area (Å²) >= 11 is 1.66. The summed E-state index contributed by atoms with van der Waals surface area (Å²) in [4.78, 5) is 19.3. The smallest absolute Gasteiger partial charge is 0.231 e. The highest BCUT2D eigenvalue weighted by Gasteiger charge is 2.34. The second-order valence-corrected chi connectivity index (χ2v) is 7.37. The number of hydrogen-bond donors (Lipinski definition) is 1. The molecule has 9 heteroatoms. The van der Waals surface area contributed by atoms with Crippen molar-refractivity contribution >= 4 is 38.3 Å². The Labute approximate surface area is 158 Å². The third-order valence-electron chi connectivity index (χ3n) is 4.55. The molecule has 1 saturated heterocycles. The van der Waals surface area contributed by atoms with Gasteiger partial charge in [-0.2, -0.15) is 0 Å². The van der Waals surface area contributed by atoms with Crippen molar-refractivity contribution in [3.63, 3.8) is 0 Å². The summed E-state index contributed by atoms with van der Waals surface area (Å²) in [5, 5.41) is 15.0. The summed E-state index contributed by atoms with van der Waals surface area (Å²) in [5.74, 6) is -0.00117. The topological polar surface area (TPSA) is 88.8 Å². The van der Waals surface area contributed by atoms with E-state index in [0.717, 1.165) is 22.0 Å². The first kappa shape index (κ1) is 15.9. The van der Waals surface area contributed by atoms with E-state index in [-0.39, 0.29) is 11.8 Å². The lowest BCUT2D eigenvalue weighted by molar-refractivity contribution is -0.120. The van der Waals surface area contributed by atoms with Gasteiger partial charge in [0.05, 0.1) is 21.8 Å². The number of benzene rings is 2. The number of fused-ring (bicyclic) bond motifs is 1. The van der Waals surface area contributed by atoms with Gasteiger partial charge in [0.1, 0.15) is 6.33 Å². The predicted molar refractivity (Wildman–Crippen MR) is 103 cm³/mol. The fraction of sp³-hybridized carbons (Fsp3) is 0.167. The number of hydrogen-bond acceptors (Lipinski definition) is 7. The van der Waals surface area contributed by atoms with Crippen LogP contribution in [0, 0.1) is 5.92 Å². The number of amides is 1. The Morgan fingerprint density at radius 3 is 2.67 bits per heavy atom. The summed E-state index contributed by atoms with van der Waals surface area (Å²) < 4.78 is 2.73. The van der Waals surface area contributed by atoms with Crippen molar-refractivity contribution in [1.82, 2.24) is 25.2 Å². The van der Waals surface area contributed by atoms with E-state index in [4.69, 9.17) is 0 Å². The average molecular weight is 377 g/mol. The van der Waals surface area contributed by atoms with Crippen molar-refractivity contribution < 1.29 is 4.79 Å². The Balaban J connectivity index is 1.20. The average Bonchev–Trinajstić information content (AvgIpc) is 3.31. The number of tetrazole rings is 1. The molecule has 0 radical (unpaired) electrons. The lowest BCUT2D eigenvalue weighted by Crippen LogP contribution is -2.52. The summed E-state index contributed by atoms with van der Waals surface area (Å²) in [6.45, 7) is 1.38. The molecule has 0 saturated carbocycles. The van der Waals surface area contributed by atoms with Gasteiger partial charge in [-0.3, -0.25) is 4.79 Å². The highest BCUT2D eigenvalue weighted by molar-refractivity contribution is 7.22. The zero-order chi connectivity index (χ0) is 18.2. The molecule has 1 amide bonds.